The minimum Gasteiger partial charge on any atom is -0.480 e. The molecule has 0 saturated carbocycles. The molecule has 22 heteroatoms. The average molecular weight is 846 g/mol. The topological polar surface area (TPSA) is 318 Å². The van der Waals surface area contributed by atoms with E-state index in [2.05, 4.69) is 46.6 Å². The Labute approximate surface area is 339 Å². The Bertz CT molecular complexity index is 1620. The lowest BCUT2D eigenvalue weighted by Crippen LogP contribution is -2.44. The zero-order chi connectivity index (χ0) is 44.1. The first-order chi connectivity index (χ1) is 26.9. The molecule has 58 heavy (non-hydrogen) atoms. The fourth-order valence-electron chi connectivity index (χ4n) is 6.76. The smallest absolute Gasteiger partial charge is 0.326 e. The van der Waals surface area contributed by atoms with E-state index in [1.54, 1.807) is 6.92 Å². The quantitative estimate of drug-likeness (QED) is 0.0487. The number of carboxylic acid groups (broad SMARTS) is 2. The van der Waals surface area contributed by atoms with E-state index in [-0.39, 0.29) is 87.8 Å². The van der Waals surface area contributed by atoms with Crippen molar-refractivity contribution in [3.63, 3.8) is 0 Å². The summed E-state index contributed by atoms with van der Waals surface area (Å²) in [6.07, 6.45) is 0.402. The van der Waals surface area contributed by atoms with Crippen LogP contribution in [0, 0.1) is 22.7 Å². The molecule has 1 aromatic heterocycles. The van der Waals surface area contributed by atoms with Crippen LogP contribution >= 0.6 is 0 Å². The lowest BCUT2D eigenvalue weighted by molar-refractivity contribution is -0.143. The van der Waals surface area contributed by atoms with Crippen molar-refractivity contribution in [2.24, 2.45) is 22.7 Å². The number of methoxy groups -OCH3 is 1. The first kappa shape index (κ1) is 51.3. The van der Waals surface area contributed by atoms with Crippen molar-refractivity contribution < 1.29 is 56.9 Å². The lowest BCUT2D eigenvalue weighted by atomic mass is 9.71. The number of H-pyrrole nitrogens is 1. The van der Waals surface area contributed by atoms with Gasteiger partial charge in [-0.15, -0.1) is 5.10 Å². The maximum absolute atomic E-state index is 12.7. The molecule has 4 atom stereocenters. The molecule has 0 bridgehead atoms. The summed E-state index contributed by atoms with van der Waals surface area (Å²) >= 11 is 0. The molecule has 1 heterocycles. The number of aromatic nitrogens is 4. The Morgan fingerprint density at radius 2 is 1.38 bits per heavy atom. The number of amides is 5. The summed E-state index contributed by atoms with van der Waals surface area (Å²) in [6, 6.07) is -2.78. The Hall–Kier alpha value is -4.73. The number of tetrazole rings is 1. The second-order valence-corrected chi connectivity index (χ2v) is 18.3. The molecule has 21 nitrogen and oxygen atoms in total. The van der Waals surface area contributed by atoms with Crippen LogP contribution in [0.5, 0.6) is 0 Å². The number of hydrogen-bond acceptors (Lipinski definition) is 13. The molecule has 8 N–H and O–H groups in total. The highest BCUT2D eigenvalue weighted by molar-refractivity contribution is 7.90. The number of rotatable bonds is 30. The third-order valence-electron chi connectivity index (χ3n) is 8.92. The van der Waals surface area contributed by atoms with Gasteiger partial charge >= 0.3 is 11.9 Å². The second kappa shape index (κ2) is 24.9. The lowest BCUT2D eigenvalue weighted by Gasteiger charge is -2.34. The zero-order valence-corrected chi connectivity index (χ0v) is 35.5. The van der Waals surface area contributed by atoms with Gasteiger partial charge in [0.25, 0.3) is 0 Å². The third-order valence-corrected chi connectivity index (χ3v) is 10.3. The minimum atomic E-state index is -3.97. The number of aromatic amines is 1. The molecule has 1 aromatic rings. The van der Waals surface area contributed by atoms with Crippen molar-refractivity contribution in [2.45, 2.75) is 124 Å². The number of carboxylic acids is 2. The van der Waals surface area contributed by atoms with Crippen LogP contribution in [-0.2, 0) is 54.7 Å². The molecule has 0 aromatic carbocycles. The van der Waals surface area contributed by atoms with Gasteiger partial charge in [0, 0.05) is 58.7 Å². The maximum atomic E-state index is 12.7. The molecule has 330 valence electrons. The van der Waals surface area contributed by atoms with Gasteiger partial charge in [0.2, 0.25) is 39.6 Å². The van der Waals surface area contributed by atoms with Crippen LogP contribution in [0.3, 0.4) is 0 Å². The van der Waals surface area contributed by atoms with Gasteiger partial charge in [-0.05, 0) is 65.2 Å². The molecule has 0 radical (unpaired) electrons. The standard InChI is InChI=1S/C36H63N9O12S/c1-23(18-31(49)40-26(34(53)54)11-13-30(48)39-25(33(51)52)10-12-29(47)37-14-15-57-7)17-24(2)21-38-28(46)9-8-16-58(55,56)43-32(50)20-36(5,6)22-35(3,4)19-27-41-44-45-42-27/h23-26H,8-22H2,1-7H3,(H,37,47)(H,38,46)(H,39,48)(H,40,49)(H,43,50)(H,51,52)(H,53,54)(H,41,42,44,45). The van der Waals surface area contributed by atoms with Crippen LogP contribution in [0.25, 0.3) is 0 Å². The Kier molecular flexibility index (Phi) is 22.0. The molecule has 1 rings (SSSR count). The van der Waals surface area contributed by atoms with Crippen LogP contribution in [0.15, 0.2) is 0 Å². The largest absolute Gasteiger partial charge is 0.480 e. The van der Waals surface area contributed by atoms with Crippen LogP contribution < -0.4 is 26.0 Å². The molecule has 0 aliphatic carbocycles. The van der Waals surface area contributed by atoms with Crippen molar-refractivity contribution in [3.8, 4) is 0 Å². The number of carbonyl (C=O) groups is 7. The number of ether oxygens (including phenoxy) is 1. The summed E-state index contributed by atoms with van der Waals surface area (Å²) in [7, 11) is -2.51. The van der Waals surface area contributed by atoms with Crippen molar-refractivity contribution in [1.82, 2.24) is 46.6 Å². The van der Waals surface area contributed by atoms with E-state index >= 15 is 0 Å². The van der Waals surface area contributed by atoms with E-state index in [9.17, 15) is 52.2 Å². The van der Waals surface area contributed by atoms with Crippen LogP contribution in [0.4, 0.5) is 0 Å². The predicted molar refractivity (Wildman–Crippen MR) is 209 cm³/mol. The van der Waals surface area contributed by atoms with Crippen LogP contribution in [0.1, 0.15) is 112 Å². The molecule has 0 spiro atoms. The second-order valence-electron chi connectivity index (χ2n) is 16.4. The number of nitrogens with zero attached hydrogens (tertiary/aromatic N) is 3. The summed E-state index contributed by atoms with van der Waals surface area (Å²) in [6.45, 7) is 12.2. The number of carbonyl (C=O) groups excluding carboxylic acids is 5. The first-order valence-electron chi connectivity index (χ1n) is 19.2. The Morgan fingerprint density at radius 1 is 0.793 bits per heavy atom. The van der Waals surface area contributed by atoms with Crippen molar-refractivity contribution in [1.29, 1.82) is 0 Å². The SMILES string of the molecule is COCCNC(=O)CCC(NC(=O)CCC(NC(=O)CC(C)CC(C)CNC(=O)CCCS(=O)(=O)NC(=O)CC(C)(C)CC(C)(C)Cc1nnn[nH]1)C(=O)O)C(=O)O. The van der Waals surface area contributed by atoms with Crippen LogP contribution in [-0.4, -0.2) is 125 Å². The normalized spacial score (nSPS) is 14.0. The van der Waals surface area contributed by atoms with E-state index in [1.807, 2.05) is 34.6 Å². The van der Waals surface area contributed by atoms with Gasteiger partial charge in [-0.2, -0.15) is 0 Å². The van der Waals surface area contributed by atoms with E-state index in [1.165, 1.54) is 7.11 Å². The van der Waals surface area contributed by atoms with E-state index < -0.39 is 75.3 Å². The minimum absolute atomic E-state index is 0.0119. The predicted octanol–water partition coefficient (Wildman–Crippen LogP) is 0.431. The summed E-state index contributed by atoms with van der Waals surface area (Å²) in [5.41, 5.74) is -0.803. The highest BCUT2D eigenvalue weighted by atomic mass is 32.2. The number of aliphatic carboxylic acids is 2. The molecule has 0 aliphatic heterocycles. The molecule has 0 aliphatic rings. The van der Waals surface area contributed by atoms with Gasteiger partial charge in [-0.25, -0.2) is 23.1 Å². The molecular formula is C36H63N9O12S. The number of sulfonamides is 1. The van der Waals surface area contributed by atoms with Gasteiger partial charge in [0.15, 0.2) is 0 Å². The van der Waals surface area contributed by atoms with Gasteiger partial charge in [0.05, 0.1) is 12.4 Å². The van der Waals surface area contributed by atoms with Crippen molar-refractivity contribution >= 4 is 51.5 Å². The first-order valence-corrected chi connectivity index (χ1v) is 20.9. The molecule has 0 fully saturated rings. The molecular weight excluding hydrogens is 783 g/mol. The van der Waals surface area contributed by atoms with Crippen molar-refractivity contribution in [2.75, 3.05) is 32.6 Å². The highest BCUT2D eigenvalue weighted by Gasteiger charge is 2.33. The van der Waals surface area contributed by atoms with Gasteiger partial charge in [0.1, 0.15) is 17.9 Å². The zero-order valence-electron chi connectivity index (χ0n) is 34.6. The molecule has 5 amide bonds. The summed E-state index contributed by atoms with van der Waals surface area (Å²) in [5, 5.41) is 42.7. The van der Waals surface area contributed by atoms with E-state index in [0.29, 0.717) is 25.1 Å². The Balaban J connectivity index is 2.42. The molecule has 0 saturated heterocycles. The average Bonchev–Trinajstić information content (AvgIpc) is 3.58. The molecule has 4 unspecified atom stereocenters. The summed E-state index contributed by atoms with van der Waals surface area (Å²) in [4.78, 5) is 85.4. The van der Waals surface area contributed by atoms with Gasteiger partial charge in [-0.1, -0.05) is 41.5 Å². The fraction of sp³-hybridized carbons (Fsp3) is 0.778. The van der Waals surface area contributed by atoms with Crippen LogP contribution in [0.2, 0.25) is 0 Å². The van der Waals surface area contributed by atoms with E-state index in [4.69, 9.17) is 4.74 Å². The van der Waals surface area contributed by atoms with Gasteiger partial charge in [-0.3, -0.25) is 28.7 Å². The maximum Gasteiger partial charge on any atom is 0.326 e. The fourth-order valence-corrected chi connectivity index (χ4v) is 7.80. The number of hydrogen-bond donors (Lipinski definition) is 8. The highest BCUT2D eigenvalue weighted by Crippen LogP contribution is 2.38. The monoisotopic (exact) mass is 845 g/mol. The van der Waals surface area contributed by atoms with E-state index in [0.717, 1.165) is 0 Å². The number of nitrogens with one attached hydrogen (secondary N) is 6. The van der Waals surface area contributed by atoms with Gasteiger partial charge < -0.3 is 36.2 Å². The summed E-state index contributed by atoms with van der Waals surface area (Å²) in [5.74, 6) is -5.60. The Morgan fingerprint density at radius 3 is 1.95 bits per heavy atom. The van der Waals surface area contributed by atoms with Crippen molar-refractivity contribution in [3.05, 3.63) is 5.82 Å². The third kappa shape index (κ3) is 23.5. The summed E-state index contributed by atoms with van der Waals surface area (Å²) < 4.78 is 32.1.